The topological polar surface area (TPSA) is 45.0 Å². The molecule has 0 aliphatic heterocycles. The van der Waals surface area contributed by atoms with Crippen molar-refractivity contribution < 1.29 is 9.13 Å². The van der Waals surface area contributed by atoms with Crippen molar-refractivity contribution in [2.45, 2.75) is 39.2 Å². The highest BCUT2D eigenvalue weighted by atomic mass is 19.1. The molecule has 1 N–H and O–H groups in total. The smallest absolute Gasteiger partial charge is 0.165 e. The summed E-state index contributed by atoms with van der Waals surface area (Å²) in [4.78, 5) is 0. The van der Waals surface area contributed by atoms with Crippen molar-refractivity contribution in [3.63, 3.8) is 0 Å². The van der Waals surface area contributed by atoms with E-state index < -0.39 is 5.54 Å². The number of hydrogen-bond acceptors (Lipinski definition) is 3. The first kappa shape index (κ1) is 15.5. The van der Waals surface area contributed by atoms with Crippen LogP contribution >= 0.6 is 0 Å². The Bertz CT molecular complexity index is 456. The Hall–Kier alpha value is -1.60. The molecule has 0 saturated carbocycles. The van der Waals surface area contributed by atoms with Gasteiger partial charge in [0.25, 0.3) is 0 Å². The van der Waals surface area contributed by atoms with Crippen molar-refractivity contribution in [2.24, 2.45) is 0 Å². The summed E-state index contributed by atoms with van der Waals surface area (Å²) in [5.41, 5.74) is 0.319. The van der Waals surface area contributed by atoms with E-state index in [9.17, 15) is 4.39 Å². The molecule has 0 fully saturated rings. The minimum absolute atomic E-state index is 0.246. The number of nitrogens with zero attached hydrogens (tertiary/aromatic N) is 1. The van der Waals surface area contributed by atoms with Gasteiger partial charge in [-0.25, -0.2) is 4.39 Å². The third-order valence-corrected chi connectivity index (χ3v) is 2.96. The Morgan fingerprint density at radius 1 is 1.47 bits per heavy atom. The number of nitriles is 1. The minimum atomic E-state index is -0.629. The van der Waals surface area contributed by atoms with Crippen LogP contribution in [0, 0.1) is 24.1 Å². The van der Waals surface area contributed by atoms with E-state index in [2.05, 4.69) is 11.4 Å². The minimum Gasteiger partial charge on any atom is -0.490 e. The second-order valence-corrected chi connectivity index (χ2v) is 4.90. The van der Waals surface area contributed by atoms with Crippen LogP contribution < -0.4 is 10.1 Å². The van der Waals surface area contributed by atoms with Crippen LogP contribution in [0.3, 0.4) is 0 Å². The Morgan fingerprint density at radius 3 is 2.84 bits per heavy atom. The molecule has 0 heterocycles. The van der Waals surface area contributed by atoms with Gasteiger partial charge in [0.2, 0.25) is 0 Å². The van der Waals surface area contributed by atoms with Crippen LogP contribution in [-0.4, -0.2) is 18.7 Å². The van der Waals surface area contributed by atoms with Crippen molar-refractivity contribution in [3.05, 3.63) is 29.6 Å². The highest BCUT2D eigenvalue weighted by Gasteiger charge is 2.22. The zero-order valence-electron chi connectivity index (χ0n) is 11.8. The van der Waals surface area contributed by atoms with Crippen LogP contribution in [0.25, 0.3) is 0 Å². The van der Waals surface area contributed by atoms with Crippen molar-refractivity contribution in [1.82, 2.24) is 5.32 Å². The van der Waals surface area contributed by atoms with E-state index in [1.807, 2.05) is 20.8 Å². The van der Waals surface area contributed by atoms with E-state index >= 15 is 0 Å². The van der Waals surface area contributed by atoms with Crippen LogP contribution in [0.2, 0.25) is 0 Å². The molecule has 0 saturated heterocycles. The first-order valence-electron chi connectivity index (χ1n) is 6.56. The summed E-state index contributed by atoms with van der Waals surface area (Å²) in [5.74, 6) is -0.124. The molecule has 4 heteroatoms. The lowest BCUT2D eigenvalue weighted by atomic mass is 10.0. The summed E-state index contributed by atoms with van der Waals surface area (Å²) >= 11 is 0. The average molecular weight is 264 g/mol. The zero-order valence-corrected chi connectivity index (χ0v) is 11.8. The second kappa shape index (κ2) is 7.10. The number of halogens is 1. The van der Waals surface area contributed by atoms with Gasteiger partial charge in [-0.1, -0.05) is 13.0 Å². The molecule has 104 valence electrons. The van der Waals surface area contributed by atoms with Gasteiger partial charge in [0.05, 0.1) is 12.7 Å². The van der Waals surface area contributed by atoms with Gasteiger partial charge in [0.15, 0.2) is 11.6 Å². The maximum Gasteiger partial charge on any atom is 0.165 e. The van der Waals surface area contributed by atoms with Crippen LogP contribution in [0.4, 0.5) is 4.39 Å². The monoisotopic (exact) mass is 264 g/mol. The molecule has 0 spiro atoms. The molecule has 1 aromatic carbocycles. The number of aryl methyl sites for hydroxylation is 1. The molecule has 1 aromatic rings. The fraction of sp³-hybridized carbons (Fsp3) is 0.533. The average Bonchev–Trinajstić information content (AvgIpc) is 2.40. The molecule has 0 aliphatic rings. The first-order valence-corrected chi connectivity index (χ1v) is 6.56. The zero-order chi connectivity index (χ0) is 14.3. The molecule has 0 radical (unpaired) electrons. The predicted octanol–water partition coefficient (Wildman–Crippen LogP) is 3.18. The van der Waals surface area contributed by atoms with Crippen molar-refractivity contribution in [2.75, 3.05) is 13.2 Å². The van der Waals surface area contributed by atoms with Gasteiger partial charge in [0, 0.05) is 6.42 Å². The SMILES string of the molecule is CCCNC(C)(C#N)CCOc1cc(C)ccc1F. The Balaban J connectivity index is 2.53. The first-order chi connectivity index (χ1) is 9.00. The van der Waals surface area contributed by atoms with Gasteiger partial charge >= 0.3 is 0 Å². The van der Waals surface area contributed by atoms with E-state index in [0.717, 1.165) is 18.5 Å². The summed E-state index contributed by atoms with van der Waals surface area (Å²) in [7, 11) is 0. The van der Waals surface area contributed by atoms with Gasteiger partial charge in [-0.2, -0.15) is 5.26 Å². The number of ether oxygens (including phenoxy) is 1. The van der Waals surface area contributed by atoms with Crippen molar-refractivity contribution in [3.8, 4) is 11.8 Å². The fourth-order valence-electron chi connectivity index (χ4n) is 1.67. The quantitative estimate of drug-likeness (QED) is 0.822. The van der Waals surface area contributed by atoms with E-state index in [1.54, 1.807) is 12.1 Å². The summed E-state index contributed by atoms with van der Waals surface area (Å²) in [6.45, 7) is 6.85. The number of hydrogen-bond donors (Lipinski definition) is 1. The number of rotatable bonds is 7. The summed E-state index contributed by atoms with van der Waals surface area (Å²) in [6.07, 6.45) is 1.47. The van der Waals surface area contributed by atoms with E-state index in [4.69, 9.17) is 10.00 Å². The molecule has 3 nitrogen and oxygen atoms in total. The lowest BCUT2D eigenvalue weighted by molar-refractivity contribution is 0.257. The predicted molar refractivity (Wildman–Crippen MR) is 73.6 cm³/mol. The van der Waals surface area contributed by atoms with E-state index in [1.165, 1.54) is 6.07 Å². The molecule has 0 bridgehead atoms. The Kier molecular flexibility index (Phi) is 5.78. The maximum atomic E-state index is 13.5. The lowest BCUT2D eigenvalue weighted by Crippen LogP contribution is -2.42. The third kappa shape index (κ3) is 4.88. The van der Waals surface area contributed by atoms with Gasteiger partial charge in [-0.05, 0) is 44.5 Å². The summed E-state index contributed by atoms with van der Waals surface area (Å²) in [5, 5.41) is 12.3. The van der Waals surface area contributed by atoms with E-state index in [0.29, 0.717) is 13.0 Å². The number of nitrogens with one attached hydrogen (secondary N) is 1. The molecule has 1 unspecified atom stereocenters. The largest absolute Gasteiger partial charge is 0.490 e. The molecule has 0 amide bonds. The van der Waals surface area contributed by atoms with Gasteiger partial charge < -0.3 is 4.74 Å². The molecule has 0 aromatic heterocycles. The van der Waals surface area contributed by atoms with Gasteiger partial charge in [0.1, 0.15) is 5.54 Å². The van der Waals surface area contributed by atoms with Crippen LogP contribution in [0.5, 0.6) is 5.75 Å². The molecule has 0 aliphatic carbocycles. The van der Waals surface area contributed by atoms with Gasteiger partial charge in [-0.3, -0.25) is 5.32 Å². The lowest BCUT2D eigenvalue weighted by Gasteiger charge is -2.23. The maximum absolute atomic E-state index is 13.5. The Morgan fingerprint density at radius 2 is 2.21 bits per heavy atom. The third-order valence-electron chi connectivity index (χ3n) is 2.96. The highest BCUT2D eigenvalue weighted by Crippen LogP contribution is 2.19. The molecular formula is C15H21FN2O. The molecule has 1 atom stereocenters. The van der Waals surface area contributed by atoms with Crippen molar-refractivity contribution in [1.29, 1.82) is 5.26 Å². The van der Waals surface area contributed by atoms with Gasteiger partial charge in [-0.15, -0.1) is 0 Å². The molecule has 19 heavy (non-hydrogen) atoms. The summed E-state index contributed by atoms with van der Waals surface area (Å²) < 4.78 is 18.9. The standard InChI is InChI=1S/C15H21FN2O/c1-4-8-18-15(3,11-17)7-9-19-14-10-12(2)5-6-13(14)16/h5-6,10,18H,4,7-9H2,1-3H3. The van der Waals surface area contributed by atoms with Crippen LogP contribution in [0.1, 0.15) is 32.3 Å². The number of benzene rings is 1. The Labute approximate surface area is 114 Å². The normalized spacial score (nSPS) is 13.6. The fourth-order valence-corrected chi connectivity index (χ4v) is 1.67. The second-order valence-electron chi connectivity index (χ2n) is 4.90. The highest BCUT2D eigenvalue weighted by molar-refractivity contribution is 5.29. The van der Waals surface area contributed by atoms with Crippen LogP contribution in [-0.2, 0) is 0 Å². The molecule has 1 rings (SSSR count). The van der Waals surface area contributed by atoms with E-state index in [-0.39, 0.29) is 11.6 Å². The molecular weight excluding hydrogens is 243 g/mol. The van der Waals surface area contributed by atoms with Crippen molar-refractivity contribution >= 4 is 0 Å². The summed E-state index contributed by atoms with van der Waals surface area (Å²) in [6, 6.07) is 7.00. The van der Waals surface area contributed by atoms with Crippen LogP contribution in [0.15, 0.2) is 18.2 Å².